The van der Waals surface area contributed by atoms with Gasteiger partial charge >= 0.3 is 0 Å². The third-order valence-electron chi connectivity index (χ3n) is 3.13. The van der Waals surface area contributed by atoms with E-state index in [2.05, 4.69) is 21.0 Å². The first-order valence-corrected chi connectivity index (χ1v) is 8.99. The van der Waals surface area contributed by atoms with Gasteiger partial charge in [-0.2, -0.15) is 16.9 Å². The van der Waals surface area contributed by atoms with E-state index in [1.807, 2.05) is 21.3 Å². The molecule has 0 radical (unpaired) electrons. The highest BCUT2D eigenvalue weighted by molar-refractivity contribution is 9.10. The second-order valence-corrected chi connectivity index (χ2v) is 7.63. The number of hydrogen-bond acceptors (Lipinski definition) is 4. The number of rotatable bonds is 1. The van der Waals surface area contributed by atoms with Crippen molar-refractivity contribution in [3.8, 4) is 0 Å². The van der Waals surface area contributed by atoms with Crippen molar-refractivity contribution in [1.82, 2.24) is 9.78 Å². The van der Waals surface area contributed by atoms with Crippen molar-refractivity contribution in [2.24, 2.45) is 0 Å². The summed E-state index contributed by atoms with van der Waals surface area (Å²) >= 11 is 7.17. The van der Waals surface area contributed by atoms with Crippen LogP contribution in [0, 0.1) is 0 Å². The molecule has 98 valence electrons. The van der Waals surface area contributed by atoms with Crippen molar-refractivity contribution in [3.63, 3.8) is 0 Å². The highest BCUT2D eigenvalue weighted by Gasteiger charge is 2.32. The molecule has 1 atom stereocenters. The number of anilines is 1. The first-order chi connectivity index (χ1) is 8.77. The van der Waals surface area contributed by atoms with Crippen LogP contribution < -0.4 is 4.90 Å². The summed E-state index contributed by atoms with van der Waals surface area (Å²) in [6.07, 6.45) is 2.76. The maximum Gasteiger partial charge on any atom is 0.242 e. The molecule has 0 aromatic carbocycles. The second kappa shape index (κ2) is 5.46. The first-order valence-electron chi connectivity index (χ1n) is 5.99. The fourth-order valence-electron chi connectivity index (χ4n) is 2.29. The van der Waals surface area contributed by atoms with Crippen LogP contribution >= 0.6 is 39.5 Å². The molecule has 18 heavy (non-hydrogen) atoms. The second-order valence-electron chi connectivity index (χ2n) is 4.32. The normalized spacial score (nSPS) is 23.8. The lowest BCUT2D eigenvalue weighted by atomic mass is 10.2. The lowest BCUT2D eigenvalue weighted by Crippen LogP contribution is -2.44. The van der Waals surface area contributed by atoms with Gasteiger partial charge in [-0.15, -0.1) is 11.8 Å². The van der Waals surface area contributed by atoms with Gasteiger partial charge in [-0.1, -0.05) is 0 Å². The Kier molecular flexibility index (Phi) is 3.91. The fourth-order valence-corrected chi connectivity index (χ4v) is 5.41. The number of amides is 1. The molecular weight excluding hydrogens is 334 g/mol. The molecule has 1 saturated heterocycles. The summed E-state index contributed by atoms with van der Waals surface area (Å²) in [6, 6.07) is 0. The molecule has 1 aromatic rings. The van der Waals surface area contributed by atoms with E-state index in [0.29, 0.717) is 0 Å². The van der Waals surface area contributed by atoms with Gasteiger partial charge in [0.05, 0.1) is 15.9 Å². The van der Waals surface area contributed by atoms with Crippen LogP contribution in [-0.4, -0.2) is 44.7 Å². The molecule has 0 spiro atoms. The molecule has 7 heteroatoms. The van der Waals surface area contributed by atoms with Gasteiger partial charge in [-0.3, -0.25) is 9.69 Å². The molecule has 2 aliphatic rings. The summed E-state index contributed by atoms with van der Waals surface area (Å²) in [5, 5.41) is 4.41. The standard InChI is InChI=1S/C11H14BrN3OS2/c12-8-6-13-15-3-1-2-14(10(8)15)11(16)9-7-17-4-5-18-9/h6,9H,1-5,7H2/t9-/m1/s1. The molecule has 0 unspecified atom stereocenters. The Morgan fingerprint density at radius 2 is 2.33 bits per heavy atom. The molecule has 1 amide bonds. The minimum absolute atomic E-state index is 0.108. The number of nitrogens with zero attached hydrogens (tertiary/aromatic N) is 3. The Hall–Kier alpha value is -0.140. The topological polar surface area (TPSA) is 38.1 Å². The molecule has 3 heterocycles. The van der Waals surface area contributed by atoms with Crippen LogP contribution in [0.2, 0.25) is 0 Å². The third-order valence-corrected chi connectivity index (χ3v) is 6.43. The minimum Gasteiger partial charge on any atom is -0.295 e. The van der Waals surface area contributed by atoms with E-state index >= 15 is 0 Å². The summed E-state index contributed by atoms with van der Waals surface area (Å²) < 4.78 is 2.84. The summed E-state index contributed by atoms with van der Waals surface area (Å²) in [4.78, 5) is 14.5. The zero-order valence-corrected chi connectivity index (χ0v) is 13.1. The van der Waals surface area contributed by atoms with Crippen molar-refractivity contribution < 1.29 is 4.79 Å². The lowest BCUT2D eigenvalue weighted by Gasteiger charge is -2.32. The summed E-state index contributed by atoms with van der Waals surface area (Å²) in [5.74, 6) is 4.36. The Balaban J connectivity index is 1.84. The first kappa shape index (κ1) is 12.9. The van der Waals surface area contributed by atoms with Crippen LogP contribution in [0.5, 0.6) is 0 Å². The van der Waals surface area contributed by atoms with Crippen LogP contribution in [0.15, 0.2) is 10.7 Å². The lowest BCUT2D eigenvalue weighted by molar-refractivity contribution is -0.118. The van der Waals surface area contributed by atoms with Gasteiger partial charge in [0.1, 0.15) is 5.82 Å². The third kappa shape index (κ3) is 2.32. The average molecular weight is 348 g/mol. The molecule has 0 aliphatic carbocycles. The molecule has 2 aliphatic heterocycles. The molecular formula is C11H14BrN3OS2. The van der Waals surface area contributed by atoms with Crippen LogP contribution in [0.1, 0.15) is 6.42 Å². The van der Waals surface area contributed by atoms with Crippen molar-refractivity contribution in [2.45, 2.75) is 18.2 Å². The molecule has 3 rings (SSSR count). The molecule has 0 bridgehead atoms. The number of carbonyl (C=O) groups is 1. The van der Waals surface area contributed by atoms with Crippen molar-refractivity contribution in [1.29, 1.82) is 0 Å². The molecule has 4 nitrogen and oxygen atoms in total. The molecule has 0 saturated carbocycles. The number of fused-ring (bicyclic) bond motifs is 1. The number of carbonyl (C=O) groups excluding carboxylic acids is 1. The fraction of sp³-hybridized carbons (Fsp3) is 0.636. The van der Waals surface area contributed by atoms with E-state index in [9.17, 15) is 4.79 Å². The van der Waals surface area contributed by atoms with Gasteiger partial charge in [0, 0.05) is 30.3 Å². The monoisotopic (exact) mass is 347 g/mol. The van der Waals surface area contributed by atoms with Crippen molar-refractivity contribution in [3.05, 3.63) is 10.7 Å². The molecule has 1 aromatic heterocycles. The van der Waals surface area contributed by atoms with Gasteiger partial charge in [0.2, 0.25) is 5.91 Å². The number of halogens is 1. The molecule has 0 N–H and O–H groups in total. The zero-order chi connectivity index (χ0) is 12.5. The largest absolute Gasteiger partial charge is 0.295 e. The quantitative estimate of drug-likeness (QED) is 0.780. The van der Waals surface area contributed by atoms with Gasteiger partial charge in [0.25, 0.3) is 0 Å². The van der Waals surface area contributed by atoms with E-state index in [-0.39, 0.29) is 11.2 Å². The summed E-state index contributed by atoms with van der Waals surface area (Å²) in [7, 11) is 0. The van der Waals surface area contributed by atoms with E-state index in [0.717, 1.165) is 47.1 Å². The van der Waals surface area contributed by atoms with Crippen molar-refractivity contribution in [2.75, 3.05) is 28.7 Å². The number of aryl methyl sites for hydroxylation is 1. The highest BCUT2D eigenvalue weighted by Crippen LogP contribution is 2.33. The summed E-state index contributed by atoms with van der Waals surface area (Å²) in [5.41, 5.74) is 0. The zero-order valence-electron chi connectivity index (χ0n) is 9.84. The van der Waals surface area contributed by atoms with E-state index in [1.165, 1.54) is 0 Å². The van der Waals surface area contributed by atoms with E-state index < -0.39 is 0 Å². The van der Waals surface area contributed by atoms with Crippen LogP contribution in [-0.2, 0) is 11.3 Å². The predicted octanol–water partition coefficient (Wildman–Crippen LogP) is 2.23. The van der Waals surface area contributed by atoms with Gasteiger partial charge in [0.15, 0.2) is 0 Å². The van der Waals surface area contributed by atoms with Gasteiger partial charge in [-0.25, -0.2) is 4.68 Å². The van der Waals surface area contributed by atoms with Gasteiger partial charge < -0.3 is 0 Å². The Labute approximate surface area is 123 Å². The highest BCUT2D eigenvalue weighted by atomic mass is 79.9. The molecule has 1 fully saturated rings. The Morgan fingerprint density at radius 3 is 3.11 bits per heavy atom. The minimum atomic E-state index is 0.108. The Bertz CT molecular complexity index is 459. The van der Waals surface area contributed by atoms with Crippen LogP contribution in [0.25, 0.3) is 0 Å². The number of thioether (sulfide) groups is 2. The smallest absolute Gasteiger partial charge is 0.242 e. The SMILES string of the molecule is O=C([C@H]1CSCCS1)N1CCCn2ncc(Br)c21. The number of aromatic nitrogens is 2. The Morgan fingerprint density at radius 1 is 1.44 bits per heavy atom. The maximum atomic E-state index is 12.6. The van der Waals surface area contributed by atoms with E-state index in [4.69, 9.17) is 0 Å². The van der Waals surface area contributed by atoms with Crippen LogP contribution in [0.4, 0.5) is 5.82 Å². The number of hydrogen-bond donors (Lipinski definition) is 0. The maximum absolute atomic E-state index is 12.6. The van der Waals surface area contributed by atoms with E-state index in [1.54, 1.807) is 18.0 Å². The average Bonchev–Trinajstić information content (AvgIpc) is 2.81. The van der Waals surface area contributed by atoms with Crippen LogP contribution in [0.3, 0.4) is 0 Å². The summed E-state index contributed by atoms with van der Waals surface area (Å²) in [6.45, 7) is 1.71. The van der Waals surface area contributed by atoms with Crippen molar-refractivity contribution >= 4 is 51.2 Å². The predicted molar refractivity (Wildman–Crippen MR) is 80.5 cm³/mol. The van der Waals surface area contributed by atoms with Gasteiger partial charge in [-0.05, 0) is 22.4 Å².